The van der Waals surface area contributed by atoms with Crippen LogP contribution in [0.5, 0.6) is 11.5 Å². The van der Waals surface area contributed by atoms with Crippen LogP contribution in [0.3, 0.4) is 0 Å². The summed E-state index contributed by atoms with van der Waals surface area (Å²) in [6.07, 6.45) is 0. The maximum Gasteiger partial charge on any atom is 0.342 e. The molecule has 114 valence electrons. The molecule has 0 saturated heterocycles. The Bertz CT molecular complexity index is 669. The van der Waals surface area contributed by atoms with Crippen molar-refractivity contribution in [2.75, 3.05) is 19.0 Å². The van der Waals surface area contributed by atoms with E-state index in [2.05, 4.69) is 5.32 Å². The Morgan fingerprint density at radius 2 is 1.82 bits per heavy atom. The van der Waals surface area contributed by atoms with E-state index in [9.17, 15) is 14.7 Å². The summed E-state index contributed by atoms with van der Waals surface area (Å²) in [4.78, 5) is 23.6. The van der Waals surface area contributed by atoms with Crippen LogP contribution in [-0.4, -0.2) is 30.7 Å². The van der Waals surface area contributed by atoms with Gasteiger partial charge in [-0.1, -0.05) is 24.3 Å². The second-order valence-corrected chi connectivity index (χ2v) is 4.35. The summed E-state index contributed by atoms with van der Waals surface area (Å²) in [5.74, 6) is -1.44. The Morgan fingerprint density at radius 3 is 2.50 bits per heavy atom. The van der Waals surface area contributed by atoms with E-state index in [1.54, 1.807) is 30.3 Å². The van der Waals surface area contributed by atoms with Gasteiger partial charge in [0.2, 0.25) is 0 Å². The third-order valence-corrected chi connectivity index (χ3v) is 2.83. The molecule has 0 bridgehead atoms. The molecule has 2 rings (SSSR count). The SMILES string of the molecule is COc1cccc(C(=O)OCC(=O)Nc2ccccc2)c1O. The Morgan fingerprint density at radius 1 is 1.09 bits per heavy atom. The van der Waals surface area contributed by atoms with Gasteiger partial charge in [0.15, 0.2) is 18.1 Å². The van der Waals surface area contributed by atoms with Gasteiger partial charge in [-0.2, -0.15) is 0 Å². The minimum absolute atomic E-state index is 0.0631. The maximum absolute atomic E-state index is 11.9. The fourth-order valence-corrected chi connectivity index (χ4v) is 1.78. The van der Waals surface area contributed by atoms with Crippen LogP contribution in [0.4, 0.5) is 5.69 Å². The minimum atomic E-state index is -0.806. The molecule has 0 aromatic heterocycles. The van der Waals surface area contributed by atoms with E-state index in [1.807, 2.05) is 6.07 Å². The first-order valence-electron chi connectivity index (χ1n) is 6.50. The summed E-state index contributed by atoms with van der Waals surface area (Å²) in [7, 11) is 1.37. The Labute approximate surface area is 127 Å². The van der Waals surface area contributed by atoms with Gasteiger partial charge >= 0.3 is 5.97 Å². The van der Waals surface area contributed by atoms with Crippen molar-refractivity contribution >= 4 is 17.6 Å². The summed E-state index contributed by atoms with van der Waals surface area (Å²) >= 11 is 0. The van der Waals surface area contributed by atoms with Crippen molar-refractivity contribution in [3.05, 3.63) is 54.1 Å². The average Bonchev–Trinajstić information content (AvgIpc) is 2.54. The van der Waals surface area contributed by atoms with Crippen LogP contribution in [0.15, 0.2) is 48.5 Å². The number of hydrogen-bond acceptors (Lipinski definition) is 5. The quantitative estimate of drug-likeness (QED) is 0.827. The third-order valence-electron chi connectivity index (χ3n) is 2.83. The molecule has 22 heavy (non-hydrogen) atoms. The number of methoxy groups -OCH3 is 1. The number of rotatable bonds is 5. The summed E-state index contributed by atoms with van der Waals surface area (Å²) in [5.41, 5.74) is 0.541. The molecule has 0 aliphatic heterocycles. The topological polar surface area (TPSA) is 84.9 Å². The molecule has 2 aromatic rings. The van der Waals surface area contributed by atoms with Crippen molar-refractivity contribution in [2.45, 2.75) is 0 Å². The van der Waals surface area contributed by atoms with Gasteiger partial charge in [0.1, 0.15) is 5.56 Å². The molecule has 0 atom stereocenters. The predicted molar refractivity (Wildman–Crippen MR) is 80.0 cm³/mol. The van der Waals surface area contributed by atoms with E-state index in [1.165, 1.54) is 19.2 Å². The normalized spacial score (nSPS) is 9.86. The van der Waals surface area contributed by atoms with Gasteiger partial charge in [-0.3, -0.25) is 4.79 Å². The van der Waals surface area contributed by atoms with Crippen molar-refractivity contribution in [2.24, 2.45) is 0 Å². The number of carbonyl (C=O) groups is 2. The van der Waals surface area contributed by atoms with Crippen LogP contribution in [0.1, 0.15) is 10.4 Å². The monoisotopic (exact) mass is 301 g/mol. The lowest BCUT2D eigenvalue weighted by atomic mass is 10.2. The van der Waals surface area contributed by atoms with Crippen molar-refractivity contribution in [1.82, 2.24) is 0 Å². The first-order chi connectivity index (χ1) is 10.6. The van der Waals surface area contributed by atoms with E-state index < -0.39 is 18.5 Å². The number of benzene rings is 2. The number of para-hydroxylation sites is 2. The number of phenols is 1. The summed E-state index contributed by atoms with van der Waals surface area (Å²) in [6, 6.07) is 13.2. The van der Waals surface area contributed by atoms with Gasteiger partial charge in [0.25, 0.3) is 5.91 Å². The number of phenolic OH excluding ortho intramolecular Hbond substituents is 1. The first-order valence-corrected chi connectivity index (χ1v) is 6.50. The average molecular weight is 301 g/mol. The number of nitrogens with one attached hydrogen (secondary N) is 1. The van der Waals surface area contributed by atoms with Crippen LogP contribution in [0.25, 0.3) is 0 Å². The molecule has 2 aromatic carbocycles. The lowest BCUT2D eigenvalue weighted by Crippen LogP contribution is -2.20. The van der Waals surface area contributed by atoms with Crippen molar-refractivity contribution in [3.8, 4) is 11.5 Å². The zero-order valence-corrected chi connectivity index (χ0v) is 11.9. The highest BCUT2D eigenvalue weighted by atomic mass is 16.5. The molecule has 0 fully saturated rings. The highest BCUT2D eigenvalue weighted by molar-refractivity contribution is 5.97. The van der Waals surface area contributed by atoms with Crippen LogP contribution < -0.4 is 10.1 Å². The van der Waals surface area contributed by atoms with E-state index in [-0.39, 0.29) is 17.1 Å². The molecule has 0 heterocycles. The number of esters is 1. The molecule has 6 heteroatoms. The number of anilines is 1. The molecule has 0 radical (unpaired) electrons. The number of carbonyl (C=O) groups excluding carboxylic acids is 2. The van der Waals surface area contributed by atoms with E-state index in [4.69, 9.17) is 9.47 Å². The van der Waals surface area contributed by atoms with Crippen LogP contribution in [0.2, 0.25) is 0 Å². The molecule has 1 amide bonds. The molecule has 0 spiro atoms. The highest BCUT2D eigenvalue weighted by Crippen LogP contribution is 2.29. The van der Waals surface area contributed by atoms with E-state index >= 15 is 0 Å². The van der Waals surface area contributed by atoms with Gasteiger partial charge in [-0.25, -0.2) is 4.79 Å². The fraction of sp³-hybridized carbons (Fsp3) is 0.125. The van der Waals surface area contributed by atoms with Crippen molar-refractivity contribution < 1.29 is 24.2 Å². The zero-order valence-electron chi connectivity index (χ0n) is 11.9. The zero-order chi connectivity index (χ0) is 15.9. The van der Waals surface area contributed by atoms with Crippen molar-refractivity contribution in [3.63, 3.8) is 0 Å². The van der Waals surface area contributed by atoms with Crippen molar-refractivity contribution in [1.29, 1.82) is 0 Å². The lowest BCUT2D eigenvalue weighted by Gasteiger charge is -2.09. The molecular formula is C16H15NO5. The van der Waals surface area contributed by atoms with Gasteiger partial charge in [-0.15, -0.1) is 0 Å². The highest BCUT2D eigenvalue weighted by Gasteiger charge is 2.17. The Balaban J connectivity index is 1.94. The molecule has 0 saturated carbocycles. The molecule has 0 aliphatic carbocycles. The van der Waals surface area contributed by atoms with Gasteiger partial charge < -0.3 is 19.9 Å². The molecule has 2 N–H and O–H groups in total. The lowest BCUT2D eigenvalue weighted by molar-refractivity contribution is -0.119. The van der Waals surface area contributed by atoms with E-state index in [0.29, 0.717) is 5.69 Å². The second-order valence-electron chi connectivity index (χ2n) is 4.35. The molecule has 0 aliphatic rings. The van der Waals surface area contributed by atoms with Crippen LogP contribution >= 0.6 is 0 Å². The van der Waals surface area contributed by atoms with Crippen LogP contribution in [-0.2, 0) is 9.53 Å². The van der Waals surface area contributed by atoms with Gasteiger partial charge in [0.05, 0.1) is 7.11 Å². The largest absolute Gasteiger partial charge is 0.504 e. The smallest absolute Gasteiger partial charge is 0.342 e. The molecule has 6 nitrogen and oxygen atoms in total. The first kappa shape index (κ1) is 15.4. The van der Waals surface area contributed by atoms with Gasteiger partial charge in [0, 0.05) is 5.69 Å². The van der Waals surface area contributed by atoms with Crippen LogP contribution in [0, 0.1) is 0 Å². The number of aromatic hydroxyl groups is 1. The number of amides is 1. The summed E-state index contributed by atoms with van der Waals surface area (Å²) in [5, 5.41) is 12.4. The third kappa shape index (κ3) is 3.76. The number of ether oxygens (including phenoxy) is 2. The fourth-order valence-electron chi connectivity index (χ4n) is 1.78. The molecular weight excluding hydrogens is 286 g/mol. The minimum Gasteiger partial charge on any atom is -0.504 e. The Kier molecular flexibility index (Phi) is 4.98. The number of hydrogen-bond donors (Lipinski definition) is 2. The molecule has 0 unspecified atom stereocenters. The van der Waals surface area contributed by atoms with Gasteiger partial charge in [-0.05, 0) is 24.3 Å². The summed E-state index contributed by atoms with van der Waals surface area (Å²) in [6.45, 7) is -0.454. The maximum atomic E-state index is 11.9. The standard InChI is InChI=1S/C16H15NO5/c1-21-13-9-5-8-12(15(13)19)16(20)22-10-14(18)17-11-6-3-2-4-7-11/h2-9,19H,10H2,1H3,(H,17,18). The second kappa shape index (κ2) is 7.12. The predicted octanol–water partition coefficient (Wildman–Crippen LogP) is 2.20. The summed E-state index contributed by atoms with van der Waals surface area (Å²) < 4.78 is 9.78. The van der Waals surface area contributed by atoms with E-state index in [0.717, 1.165) is 0 Å². The Hall–Kier alpha value is -3.02.